The van der Waals surface area contributed by atoms with E-state index in [1.54, 1.807) is 11.8 Å². The molecule has 0 aliphatic rings. The summed E-state index contributed by atoms with van der Waals surface area (Å²) in [7, 11) is 0. The van der Waals surface area contributed by atoms with Crippen molar-refractivity contribution in [1.29, 1.82) is 0 Å². The number of rotatable bonds is 11. The molecule has 0 bridgehead atoms. The van der Waals surface area contributed by atoms with Gasteiger partial charge in [-0.1, -0.05) is 20.8 Å². The molecule has 0 spiro atoms. The number of halogens is 2. The maximum Gasteiger partial charge on any atom is 0.305 e. The Balaban J connectivity index is 3.83. The second-order valence-corrected chi connectivity index (χ2v) is 6.96. The molecular formula is C15H28F2O2S. The minimum Gasteiger partial charge on any atom is -0.464 e. The van der Waals surface area contributed by atoms with E-state index in [1.807, 2.05) is 6.92 Å². The van der Waals surface area contributed by atoms with Crippen molar-refractivity contribution < 1.29 is 18.3 Å². The molecule has 0 heterocycles. The zero-order chi connectivity index (χ0) is 15.6. The average molecular weight is 310 g/mol. The Bertz CT molecular complexity index is 265. The third-order valence-electron chi connectivity index (χ3n) is 2.95. The molecule has 0 fully saturated rings. The predicted octanol–water partition coefficient (Wildman–Crippen LogP) is 4.91. The van der Waals surface area contributed by atoms with Crippen LogP contribution in [0, 0.1) is 5.92 Å². The van der Waals surface area contributed by atoms with E-state index in [1.165, 1.54) is 0 Å². The number of hydrogen-bond donors (Lipinski definition) is 0. The van der Waals surface area contributed by atoms with E-state index in [4.69, 9.17) is 4.74 Å². The van der Waals surface area contributed by atoms with E-state index in [2.05, 4.69) is 13.8 Å². The van der Waals surface area contributed by atoms with Crippen LogP contribution in [-0.2, 0) is 9.53 Å². The van der Waals surface area contributed by atoms with Gasteiger partial charge in [-0.25, -0.2) is 8.78 Å². The zero-order valence-electron chi connectivity index (χ0n) is 13.1. The summed E-state index contributed by atoms with van der Waals surface area (Å²) in [6.07, 6.45) is 2.52. The minimum absolute atomic E-state index is 0.0502. The Kier molecular flexibility index (Phi) is 10.2. The van der Waals surface area contributed by atoms with Crippen LogP contribution in [0.2, 0.25) is 0 Å². The van der Waals surface area contributed by atoms with Gasteiger partial charge in [0.1, 0.15) is 6.61 Å². The lowest BCUT2D eigenvalue weighted by Crippen LogP contribution is -2.21. The van der Waals surface area contributed by atoms with Gasteiger partial charge in [-0.3, -0.25) is 4.79 Å². The summed E-state index contributed by atoms with van der Waals surface area (Å²) in [5, 5.41) is 0.248. The van der Waals surface area contributed by atoms with E-state index in [0.29, 0.717) is 25.4 Å². The highest BCUT2D eigenvalue weighted by Crippen LogP contribution is 2.24. The number of carbonyl (C=O) groups is 1. The van der Waals surface area contributed by atoms with Crippen LogP contribution >= 0.6 is 11.8 Å². The van der Waals surface area contributed by atoms with Gasteiger partial charge < -0.3 is 4.74 Å². The summed E-state index contributed by atoms with van der Waals surface area (Å²) in [6, 6.07) is 0. The first kappa shape index (κ1) is 19.7. The molecule has 5 heteroatoms. The van der Waals surface area contributed by atoms with Gasteiger partial charge in [-0.05, 0) is 37.9 Å². The van der Waals surface area contributed by atoms with E-state index in [0.717, 1.165) is 25.5 Å². The topological polar surface area (TPSA) is 26.3 Å². The van der Waals surface area contributed by atoms with Crippen molar-refractivity contribution in [2.45, 2.75) is 71.0 Å². The quantitative estimate of drug-likeness (QED) is 0.400. The summed E-state index contributed by atoms with van der Waals surface area (Å²) >= 11 is 1.72. The highest BCUT2D eigenvalue weighted by Gasteiger charge is 2.20. The van der Waals surface area contributed by atoms with Gasteiger partial charge in [0.05, 0.1) is 0 Å². The van der Waals surface area contributed by atoms with Crippen molar-refractivity contribution in [3.8, 4) is 0 Å². The second kappa shape index (κ2) is 10.4. The molecule has 120 valence electrons. The van der Waals surface area contributed by atoms with Crippen LogP contribution in [0.4, 0.5) is 8.78 Å². The van der Waals surface area contributed by atoms with Gasteiger partial charge in [0.25, 0.3) is 0 Å². The fourth-order valence-electron chi connectivity index (χ4n) is 1.66. The van der Waals surface area contributed by atoms with E-state index >= 15 is 0 Å². The normalized spacial score (nSPS) is 13.6. The first-order valence-corrected chi connectivity index (χ1v) is 8.46. The molecule has 0 aromatic heterocycles. The Morgan fingerprint density at radius 3 is 2.45 bits per heavy atom. The lowest BCUT2D eigenvalue weighted by Gasteiger charge is -2.20. The van der Waals surface area contributed by atoms with Crippen molar-refractivity contribution >= 4 is 17.7 Å². The number of unbranched alkanes of at least 4 members (excludes halogenated alkanes) is 1. The number of esters is 1. The van der Waals surface area contributed by atoms with Crippen molar-refractivity contribution in [2.24, 2.45) is 5.92 Å². The molecule has 2 nitrogen and oxygen atoms in total. The van der Waals surface area contributed by atoms with Crippen LogP contribution in [0.3, 0.4) is 0 Å². The van der Waals surface area contributed by atoms with Crippen LogP contribution in [0.5, 0.6) is 0 Å². The molecule has 0 aromatic carbocycles. The number of ether oxygens (including phenoxy) is 1. The van der Waals surface area contributed by atoms with Crippen molar-refractivity contribution in [3.05, 3.63) is 0 Å². The first-order valence-electron chi connectivity index (χ1n) is 7.41. The highest BCUT2D eigenvalue weighted by atomic mass is 32.2. The standard InChI is InChI=1S/C15H28F2O2S/c1-5-8-14(18)19-11-13(12(2)3)20-10-7-6-9-15(4,16)17/h12-13H,5-11H2,1-4H3. The number of alkyl halides is 2. The van der Waals surface area contributed by atoms with Gasteiger partial charge >= 0.3 is 5.97 Å². The molecular weight excluding hydrogens is 282 g/mol. The molecule has 1 unspecified atom stereocenters. The molecule has 20 heavy (non-hydrogen) atoms. The third-order valence-corrected chi connectivity index (χ3v) is 4.58. The molecule has 0 N–H and O–H groups in total. The fraction of sp³-hybridized carbons (Fsp3) is 0.933. The van der Waals surface area contributed by atoms with Crippen LogP contribution < -0.4 is 0 Å². The van der Waals surface area contributed by atoms with Gasteiger partial charge in [0.15, 0.2) is 0 Å². The van der Waals surface area contributed by atoms with E-state index < -0.39 is 5.92 Å². The molecule has 0 radical (unpaired) electrons. The third kappa shape index (κ3) is 11.5. The van der Waals surface area contributed by atoms with Crippen LogP contribution in [-0.4, -0.2) is 29.5 Å². The van der Waals surface area contributed by atoms with Gasteiger partial charge in [0.2, 0.25) is 5.92 Å². The van der Waals surface area contributed by atoms with Crippen molar-refractivity contribution in [2.75, 3.05) is 12.4 Å². The number of hydrogen-bond acceptors (Lipinski definition) is 3. The van der Waals surface area contributed by atoms with E-state index in [9.17, 15) is 13.6 Å². The molecule has 1 atom stereocenters. The summed E-state index contributed by atoms with van der Waals surface area (Å²) in [4.78, 5) is 11.3. The van der Waals surface area contributed by atoms with Crippen LogP contribution in [0.25, 0.3) is 0 Å². The lowest BCUT2D eigenvalue weighted by atomic mass is 10.1. The minimum atomic E-state index is -2.56. The molecule has 0 aliphatic heterocycles. The monoisotopic (exact) mass is 310 g/mol. The Labute approximate surface area is 126 Å². The molecule has 0 rings (SSSR count). The van der Waals surface area contributed by atoms with Gasteiger partial charge in [-0.15, -0.1) is 0 Å². The second-order valence-electron chi connectivity index (χ2n) is 5.61. The maximum absolute atomic E-state index is 12.7. The first-order chi connectivity index (χ1) is 9.26. The smallest absolute Gasteiger partial charge is 0.305 e. The SMILES string of the molecule is CCCC(=O)OCC(SCCCCC(C)(F)F)C(C)C. The Morgan fingerprint density at radius 1 is 1.30 bits per heavy atom. The van der Waals surface area contributed by atoms with Gasteiger partial charge in [0, 0.05) is 18.1 Å². The number of thioether (sulfide) groups is 1. The maximum atomic E-state index is 12.7. The summed E-state index contributed by atoms with van der Waals surface area (Å²) in [5.74, 6) is -1.46. The largest absolute Gasteiger partial charge is 0.464 e. The van der Waals surface area contributed by atoms with Crippen molar-refractivity contribution in [3.63, 3.8) is 0 Å². The lowest BCUT2D eigenvalue weighted by molar-refractivity contribution is -0.143. The summed E-state index contributed by atoms with van der Waals surface area (Å²) in [6.45, 7) is 7.51. The summed E-state index contributed by atoms with van der Waals surface area (Å²) < 4.78 is 30.5. The van der Waals surface area contributed by atoms with Crippen LogP contribution in [0.1, 0.15) is 59.8 Å². The molecule has 0 saturated carbocycles. The fourth-order valence-corrected chi connectivity index (χ4v) is 2.88. The van der Waals surface area contributed by atoms with Crippen LogP contribution in [0.15, 0.2) is 0 Å². The predicted molar refractivity (Wildman–Crippen MR) is 81.4 cm³/mol. The molecule has 0 amide bonds. The molecule has 0 aromatic rings. The highest BCUT2D eigenvalue weighted by molar-refractivity contribution is 7.99. The van der Waals surface area contributed by atoms with Crippen molar-refractivity contribution in [1.82, 2.24) is 0 Å². The van der Waals surface area contributed by atoms with Gasteiger partial charge in [-0.2, -0.15) is 11.8 Å². The average Bonchev–Trinajstić information content (AvgIpc) is 2.31. The Morgan fingerprint density at radius 2 is 1.95 bits per heavy atom. The summed E-state index contributed by atoms with van der Waals surface area (Å²) in [5.41, 5.74) is 0. The Hall–Kier alpha value is -0.320. The molecule has 0 aliphatic carbocycles. The number of carbonyl (C=O) groups excluding carboxylic acids is 1. The van der Waals surface area contributed by atoms with E-state index in [-0.39, 0.29) is 17.6 Å². The zero-order valence-corrected chi connectivity index (χ0v) is 13.9. The molecule has 0 saturated heterocycles.